The highest BCUT2D eigenvalue weighted by Crippen LogP contribution is 2.65. The van der Waals surface area contributed by atoms with Crippen molar-refractivity contribution in [2.45, 2.75) is 38.1 Å². The highest BCUT2D eigenvalue weighted by Gasteiger charge is 2.67. The van der Waals surface area contributed by atoms with Crippen LogP contribution in [-0.2, 0) is 14.4 Å². The fourth-order valence-electron chi connectivity index (χ4n) is 6.71. The number of hydrogen-bond donors (Lipinski definition) is 1. The van der Waals surface area contributed by atoms with Crippen molar-refractivity contribution < 1.29 is 18.8 Å². The van der Waals surface area contributed by atoms with Gasteiger partial charge in [0.15, 0.2) is 0 Å². The quantitative estimate of drug-likeness (QED) is 0.616. The first-order valence-corrected chi connectivity index (χ1v) is 11.1. The molecule has 6 atom stereocenters. The lowest BCUT2D eigenvalue weighted by molar-refractivity contribution is -0.144. The standard InChI is InChI=1S/C24H25FN2O3/c25-13-3-5-14(6-4-13)26-22(28)12-1-7-15(8-2-12)27-23(29)20-16-9-10-17(19-11-18(16)19)21(20)24(27)30/h3-6,9-10,12,15-21H,1-2,7-8,11H2,(H,26,28)/t12?,15?,16-,17-,18-,19+,20-,21+/m0/s1. The average molecular weight is 408 g/mol. The van der Waals surface area contributed by atoms with E-state index in [0.717, 1.165) is 0 Å². The molecule has 3 saturated carbocycles. The number of amides is 3. The number of halogens is 1. The van der Waals surface area contributed by atoms with Crippen LogP contribution in [0.1, 0.15) is 32.1 Å². The van der Waals surface area contributed by atoms with Gasteiger partial charge < -0.3 is 5.32 Å². The fourth-order valence-corrected chi connectivity index (χ4v) is 6.71. The smallest absolute Gasteiger partial charge is 0.233 e. The number of hydrogen-bond acceptors (Lipinski definition) is 3. The summed E-state index contributed by atoms with van der Waals surface area (Å²) in [6.45, 7) is 0. The lowest BCUT2D eigenvalue weighted by atomic mass is 9.63. The van der Waals surface area contributed by atoms with Gasteiger partial charge in [-0.3, -0.25) is 19.3 Å². The van der Waals surface area contributed by atoms with Crippen molar-refractivity contribution in [2.24, 2.45) is 41.4 Å². The lowest BCUT2D eigenvalue weighted by Crippen LogP contribution is -2.44. The van der Waals surface area contributed by atoms with Crippen molar-refractivity contribution in [3.63, 3.8) is 0 Å². The van der Waals surface area contributed by atoms with Gasteiger partial charge >= 0.3 is 0 Å². The third-order valence-corrected chi connectivity index (χ3v) is 8.24. The van der Waals surface area contributed by atoms with Crippen LogP contribution < -0.4 is 5.32 Å². The molecule has 30 heavy (non-hydrogen) atoms. The van der Waals surface area contributed by atoms with Crippen molar-refractivity contribution >= 4 is 23.4 Å². The summed E-state index contributed by atoms with van der Waals surface area (Å²) < 4.78 is 13.0. The Kier molecular flexibility index (Phi) is 3.96. The Labute approximate surface area is 174 Å². The molecule has 0 aromatic heterocycles. The second kappa shape index (κ2) is 6.50. The molecular weight excluding hydrogens is 383 g/mol. The van der Waals surface area contributed by atoms with E-state index in [2.05, 4.69) is 17.5 Å². The molecule has 0 spiro atoms. The van der Waals surface area contributed by atoms with Crippen LogP contribution >= 0.6 is 0 Å². The highest BCUT2D eigenvalue weighted by atomic mass is 19.1. The summed E-state index contributed by atoms with van der Waals surface area (Å²) in [6, 6.07) is 5.66. The molecule has 0 unspecified atom stereocenters. The van der Waals surface area contributed by atoms with Gasteiger partial charge in [0.05, 0.1) is 11.8 Å². The molecule has 0 radical (unpaired) electrons. The van der Waals surface area contributed by atoms with Crippen molar-refractivity contribution in [1.29, 1.82) is 0 Å². The van der Waals surface area contributed by atoms with E-state index in [4.69, 9.17) is 0 Å². The topological polar surface area (TPSA) is 66.5 Å². The molecular formula is C24H25FN2O3. The molecule has 5 aliphatic carbocycles. The summed E-state index contributed by atoms with van der Waals surface area (Å²) in [6.07, 6.45) is 8.23. The van der Waals surface area contributed by atoms with Crippen molar-refractivity contribution in [3.8, 4) is 0 Å². The number of nitrogens with one attached hydrogen (secondary N) is 1. The normalized spacial score (nSPS) is 40.9. The van der Waals surface area contributed by atoms with Crippen LogP contribution in [-0.4, -0.2) is 28.7 Å². The average Bonchev–Trinajstić information content (AvgIpc) is 3.53. The lowest BCUT2D eigenvalue weighted by Gasteiger charge is -2.37. The molecule has 4 fully saturated rings. The number of allylic oxidation sites excluding steroid dienone is 2. The molecule has 5 nitrogen and oxygen atoms in total. The molecule has 6 aliphatic rings. The van der Waals surface area contributed by atoms with Crippen LogP contribution in [0.2, 0.25) is 0 Å². The largest absolute Gasteiger partial charge is 0.326 e. The minimum Gasteiger partial charge on any atom is -0.326 e. The predicted molar refractivity (Wildman–Crippen MR) is 107 cm³/mol. The fraction of sp³-hybridized carbons (Fsp3) is 0.542. The molecule has 1 N–H and O–H groups in total. The van der Waals surface area contributed by atoms with E-state index in [9.17, 15) is 18.8 Å². The summed E-state index contributed by atoms with van der Waals surface area (Å²) >= 11 is 0. The Hall–Kier alpha value is -2.50. The summed E-state index contributed by atoms with van der Waals surface area (Å²) in [4.78, 5) is 40.7. The van der Waals surface area contributed by atoms with E-state index in [0.29, 0.717) is 43.2 Å². The highest BCUT2D eigenvalue weighted by molar-refractivity contribution is 6.06. The van der Waals surface area contributed by atoms with Gasteiger partial charge in [0.1, 0.15) is 5.82 Å². The minimum atomic E-state index is -0.338. The number of rotatable bonds is 3. The zero-order chi connectivity index (χ0) is 20.6. The van der Waals surface area contributed by atoms with E-state index in [1.54, 1.807) is 17.0 Å². The van der Waals surface area contributed by atoms with Gasteiger partial charge in [-0.2, -0.15) is 0 Å². The first-order valence-electron chi connectivity index (χ1n) is 11.1. The Bertz CT molecular complexity index is 914. The second-order valence-corrected chi connectivity index (χ2v) is 9.70. The predicted octanol–water partition coefficient (Wildman–Crippen LogP) is 3.38. The number of anilines is 1. The molecule has 3 amide bonds. The van der Waals surface area contributed by atoms with Gasteiger partial charge in [0.25, 0.3) is 0 Å². The Morgan fingerprint density at radius 2 is 1.47 bits per heavy atom. The summed E-state index contributed by atoms with van der Waals surface area (Å²) in [5.74, 6) is 0.965. The molecule has 6 heteroatoms. The number of carbonyl (C=O) groups excluding carboxylic acids is 3. The number of likely N-dealkylation sites (tertiary alicyclic amines) is 1. The zero-order valence-electron chi connectivity index (χ0n) is 16.7. The Morgan fingerprint density at radius 3 is 2.03 bits per heavy atom. The first kappa shape index (κ1) is 18.3. The van der Waals surface area contributed by atoms with Crippen molar-refractivity contribution in [2.75, 3.05) is 5.32 Å². The first-order chi connectivity index (χ1) is 14.5. The van der Waals surface area contributed by atoms with E-state index in [1.165, 1.54) is 18.6 Å². The third-order valence-electron chi connectivity index (χ3n) is 8.24. The maximum Gasteiger partial charge on any atom is 0.233 e. The van der Waals surface area contributed by atoms with Crippen LogP contribution in [0.5, 0.6) is 0 Å². The van der Waals surface area contributed by atoms with Crippen molar-refractivity contribution in [1.82, 2.24) is 4.90 Å². The second-order valence-electron chi connectivity index (χ2n) is 9.70. The molecule has 1 aromatic rings. The molecule has 7 rings (SSSR count). The molecule has 2 bridgehead atoms. The minimum absolute atomic E-state index is 0.0360. The van der Waals surface area contributed by atoms with Gasteiger partial charge in [-0.25, -0.2) is 4.39 Å². The number of nitrogens with zero attached hydrogens (tertiary/aromatic N) is 1. The number of carbonyl (C=O) groups is 3. The molecule has 1 saturated heterocycles. The zero-order valence-corrected chi connectivity index (χ0v) is 16.7. The van der Waals surface area contributed by atoms with Crippen LogP contribution in [0, 0.1) is 47.2 Å². The van der Waals surface area contributed by atoms with Gasteiger partial charge in [0.2, 0.25) is 17.7 Å². The monoisotopic (exact) mass is 408 g/mol. The van der Waals surface area contributed by atoms with Gasteiger partial charge in [-0.15, -0.1) is 0 Å². The van der Waals surface area contributed by atoms with E-state index in [1.807, 2.05) is 0 Å². The SMILES string of the molecule is O=C(Nc1ccc(F)cc1)C1CCC(N2C(=O)[C@@H]3[C@H]4C=C[C@@H]([C@@H]5C[C@H]45)[C@@H]3C2=O)CC1. The molecule has 156 valence electrons. The Morgan fingerprint density at radius 1 is 0.900 bits per heavy atom. The van der Waals surface area contributed by atoms with E-state index < -0.39 is 0 Å². The van der Waals surface area contributed by atoms with Gasteiger partial charge in [-0.1, -0.05) is 12.2 Å². The van der Waals surface area contributed by atoms with E-state index >= 15 is 0 Å². The summed E-state index contributed by atoms with van der Waals surface area (Å²) in [7, 11) is 0. The molecule has 1 aliphatic heterocycles. The van der Waals surface area contributed by atoms with Crippen molar-refractivity contribution in [3.05, 3.63) is 42.2 Å². The summed E-state index contributed by atoms with van der Waals surface area (Å²) in [5, 5.41) is 2.85. The number of imide groups is 1. The van der Waals surface area contributed by atoms with Gasteiger partial charge in [-0.05, 0) is 80.0 Å². The maximum absolute atomic E-state index is 13.2. The van der Waals surface area contributed by atoms with Gasteiger partial charge in [0, 0.05) is 17.6 Å². The van der Waals surface area contributed by atoms with Crippen LogP contribution in [0.4, 0.5) is 10.1 Å². The van der Waals surface area contributed by atoms with Crippen LogP contribution in [0.3, 0.4) is 0 Å². The van der Waals surface area contributed by atoms with E-state index in [-0.39, 0.29) is 59.2 Å². The maximum atomic E-state index is 13.2. The Balaban J connectivity index is 1.11. The number of benzene rings is 1. The van der Waals surface area contributed by atoms with Crippen LogP contribution in [0.25, 0.3) is 0 Å². The molecule has 1 heterocycles. The summed E-state index contributed by atoms with van der Waals surface area (Å²) in [5.41, 5.74) is 0.582. The third kappa shape index (κ3) is 2.62. The van der Waals surface area contributed by atoms with Crippen LogP contribution in [0.15, 0.2) is 36.4 Å². The molecule has 1 aromatic carbocycles.